The average Bonchev–Trinajstić information content (AvgIpc) is 2.37. The SMILES string of the molecule is CCOC1\C=C/C(OC(C)C)=N\C(OC(C)C)=C(\C#N)C1. The normalized spacial score (nSPS) is 26.6. The maximum atomic E-state index is 9.37. The van der Waals surface area contributed by atoms with Gasteiger partial charge in [-0.2, -0.15) is 10.3 Å². The number of aliphatic imine (C=N–C) groups is 1. The Labute approximate surface area is 126 Å². The molecule has 1 atom stereocenters. The summed E-state index contributed by atoms with van der Waals surface area (Å²) in [6.07, 6.45) is 3.83. The molecular weight excluding hydrogens is 268 g/mol. The van der Waals surface area contributed by atoms with Crippen molar-refractivity contribution in [3.05, 3.63) is 23.6 Å². The van der Waals surface area contributed by atoms with Gasteiger partial charge in [0.2, 0.25) is 11.8 Å². The van der Waals surface area contributed by atoms with Gasteiger partial charge in [-0.25, -0.2) is 0 Å². The van der Waals surface area contributed by atoms with E-state index in [9.17, 15) is 5.26 Å². The van der Waals surface area contributed by atoms with E-state index >= 15 is 0 Å². The summed E-state index contributed by atoms with van der Waals surface area (Å²) in [5.74, 6) is 0.745. The van der Waals surface area contributed by atoms with Crippen LogP contribution in [0.3, 0.4) is 0 Å². The summed E-state index contributed by atoms with van der Waals surface area (Å²) < 4.78 is 16.9. The molecule has 0 saturated heterocycles. The Bertz CT molecular complexity index is 470. The van der Waals surface area contributed by atoms with Crippen LogP contribution in [0.4, 0.5) is 0 Å². The van der Waals surface area contributed by atoms with Crippen LogP contribution in [0.1, 0.15) is 41.0 Å². The second-order valence-corrected chi connectivity index (χ2v) is 5.24. The van der Waals surface area contributed by atoms with Gasteiger partial charge in [0.05, 0.1) is 23.9 Å². The third kappa shape index (κ3) is 6.01. The van der Waals surface area contributed by atoms with Gasteiger partial charge in [-0.1, -0.05) is 6.08 Å². The highest BCUT2D eigenvalue weighted by Gasteiger charge is 2.19. The average molecular weight is 292 g/mol. The molecule has 5 nitrogen and oxygen atoms in total. The van der Waals surface area contributed by atoms with Gasteiger partial charge >= 0.3 is 0 Å². The number of nitrogens with zero attached hydrogens (tertiary/aromatic N) is 2. The molecule has 0 radical (unpaired) electrons. The zero-order valence-corrected chi connectivity index (χ0v) is 13.4. The first-order valence-electron chi connectivity index (χ1n) is 7.31. The van der Waals surface area contributed by atoms with E-state index in [0.717, 1.165) is 0 Å². The maximum absolute atomic E-state index is 9.37. The molecule has 1 heterocycles. The first-order chi connectivity index (χ1) is 9.96. The Kier molecular flexibility index (Phi) is 6.97. The molecule has 1 rings (SSSR count). The number of hydrogen-bond acceptors (Lipinski definition) is 5. The van der Waals surface area contributed by atoms with Crippen molar-refractivity contribution in [1.82, 2.24) is 0 Å². The smallest absolute Gasteiger partial charge is 0.231 e. The Morgan fingerprint density at radius 1 is 1.29 bits per heavy atom. The summed E-state index contributed by atoms with van der Waals surface area (Å²) in [5, 5.41) is 9.37. The highest BCUT2D eigenvalue weighted by molar-refractivity contribution is 5.88. The second-order valence-electron chi connectivity index (χ2n) is 5.24. The monoisotopic (exact) mass is 292 g/mol. The first-order valence-corrected chi connectivity index (χ1v) is 7.31. The predicted octanol–water partition coefficient (Wildman–Crippen LogP) is 3.34. The number of rotatable bonds is 5. The standard InChI is InChI=1S/C16H24N2O3/c1-6-19-14-7-8-15(20-11(2)3)18-16(21-12(4)5)13(9-14)10-17/h7-8,11-12,14H,6,9H2,1-5H3/b8-7-,16-13-,18-15+. The molecule has 0 aromatic rings. The largest absolute Gasteiger partial charge is 0.475 e. The molecule has 0 bridgehead atoms. The van der Waals surface area contributed by atoms with Gasteiger partial charge in [0, 0.05) is 13.0 Å². The zero-order valence-electron chi connectivity index (χ0n) is 13.4. The predicted molar refractivity (Wildman–Crippen MR) is 81.7 cm³/mol. The van der Waals surface area contributed by atoms with Gasteiger partial charge in [-0.15, -0.1) is 0 Å². The van der Waals surface area contributed by atoms with Crippen LogP contribution in [0.15, 0.2) is 28.6 Å². The van der Waals surface area contributed by atoms with Crippen molar-refractivity contribution in [3.63, 3.8) is 0 Å². The molecule has 0 saturated carbocycles. The number of hydrogen-bond donors (Lipinski definition) is 0. The second kappa shape index (κ2) is 8.48. The van der Waals surface area contributed by atoms with Crippen molar-refractivity contribution in [2.24, 2.45) is 4.99 Å². The van der Waals surface area contributed by atoms with E-state index in [1.807, 2.05) is 40.7 Å². The molecule has 0 aromatic carbocycles. The van der Waals surface area contributed by atoms with Crippen LogP contribution in [0.5, 0.6) is 0 Å². The molecule has 1 unspecified atom stereocenters. The van der Waals surface area contributed by atoms with Gasteiger partial charge < -0.3 is 14.2 Å². The summed E-state index contributed by atoms with van der Waals surface area (Å²) in [4.78, 5) is 4.35. The van der Waals surface area contributed by atoms with Crippen molar-refractivity contribution in [3.8, 4) is 6.07 Å². The quantitative estimate of drug-likeness (QED) is 0.779. The topological polar surface area (TPSA) is 63.8 Å². The summed E-state index contributed by atoms with van der Waals surface area (Å²) in [6, 6.07) is 2.17. The fraction of sp³-hybridized carbons (Fsp3) is 0.625. The number of nitriles is 1. The molecule has 1 aliphatic rings. The van der Waals surface area contributed by atoms with Crippen LogP contribution < -0.4 is 0 Å². The van der Waals surface area contributed by atoms with Gasteiger partial charge in [-0.05, 0) is 40.7 Å². The molecule has 0 N–H and O–H groups in total. The molecule has 0 aromatic heterocycles. The summed E-state index contributed by atoms with van der Waals surface area (Å²) in [5.41, 5.74) is 0.469. The molecule has 0 spiro atoms. The van der Waals surface area contributed by atoms with E-state index in [1.54, 1.807) is 6.08 Å². The molecule has 116 valence electrons. The van der Waals surface area contributed by atoms with Crippen molar-refractivity contribution in [1.29, 1.82) is 5.26 Å². The lowest BCUT2D eigenvalue weighted by Gasteiger charge is -2.19. The molecule has 0 amide bonds. The fourth-order valence-corrected chi connectivity index (χ4v) is 1.80. The van der Waals surface area contributed by atoms with E-state index in [4.69, 9.17) is 14.2 Å². The zero-order chi connectivity index (χ0) is 15.8. The maximum Gasteiger partial charge on any atom is 0.231 e. The van der Waals surface area contributed by atoms with Crippen LogP contribution in [0.25, 0.3) is 0 Å². The van der Waals surface area contributed by atoms with Crippen molar-refractivity contribution >= 4 is 5.90 Å². The summed E-state index contributed by atoms with van der Waals surface area (Å²) >= 11 is 0. The van der Waals surface area contributed by atoms with E-state index in [-0.39, 0.29) is 18.3 Å². The van der Waals surface area contributed by atoms with Gasteiger partial charge in [0.1, 0.15) is 6.07 Å². The van der Waals surface area contributed by atoms with Crippen molar-refractivity contribution < 1.29 is 14.2 Å². The molecular formula is C16H24N2O3. The minimum atomic E-state index is -0.184. The van der Waals surface area contributed by atoms with Crippen molar-refractivity contribution in [2.45, 2.75) is 59.4 Å². The molecule has 0 aliphatic carbocycles. The van der Waals surface area contributed by atoms with E-state index < -0.39 is 0 Å². The Morgan fingerprint density at radius 2 is 1.95 bits per heavy atom. The third-order valence-electron chi connectivity index (χ3n) is 2.55. The van der Waals surface area contributed by atoms with Crippen LogP contribution in [0, 0.1) is 11.3 Å². The van der Waals surface area contributed by atoms with Crippen LogP contribution in [0.2, 0.25) is 0 Å². The van der Waals surface area contributed by atoms with E-state index in [1.165, 1.54) is 0 Å². The first kappa shape index (κ1) is 17.3. The van der Waals surface area contributed by atoms with Gasteiger partial charge in [-0.3, -0.25) is 0 Å². The van der Waals surface area contributed by atoms with Crippen LogP contribution >= 0.6 is 0 Å². The Morgan fingerprint density at radius 3 is 2.48 bits per heavy atom. The molecule has 21 heavy (non-hydrogen) atoms. The minimum absolute atomic E-state index is 0.00999. The lowest BCUT2D eigenvalue weighted by molar-refractivity contribution is 0.0929. The van der Waals surface area contributed by atoms with Crippen LogP contribution in [-0.4, -0.2) is 30.8 Å². The highest BCUT2D eigenvalue weighted by atomic mass is 16.5. The van der Waals surface area contributed by atoms with Crippen LogP contribution in [-0.2, 0) is 14.2 Å². The summed E-state index contributed by atoms with van der Waals surface area (Å²) in [6.45, 7) is 10.1. The fourth-order valence-electron chi connectivity index (χ4n) is 1.80. The number of ether oxygens (including phenoxy) is 3. The van der Waals surface area contributed by atoms with Gasteiger partial charge in [0.15, 0.2) is 0 Å². The Balaban J connectivity index is 3.18. The highest BCUT2D eigenvalue weighted by Crippen LogP contribution is 2.20. The Hall–Kier alpha value is -1.80. The lowest BCUT2D eigenvalue weighted by Crippen LogP contribution is -2.18. The molecule has 0 fully saturated rings. The van der Waals surface area contributed by atoms with E-state index in [2.05, 4.69) is 11.1 Å². The molecule has 1 aliphatic heterocycles. The lowest BCUT2D eigenvalue weighted by atomic mass is 10.1. The molecule has 5 heteroatoms. The minimum Gasteiger partial charge on any atom is -0.475 e. The van der Waals surface area contributed by atoms with Crippen molar-refractivity contribution in [2.75, 3.05) is 6.61 Å². The summed E-state index contributed by atoms with van der Waals surface area (Å²) in [7, 11) is 0. The van der Waals surface area contributed by atoms with E-state index in [0.29, 0.717) is 30.4 Å². The third-order valence-corrected chi connectivity index (χ3v) is 2.55. The van der Waals surface area contributed by atoms with Gasteiger partial charge in [0.25, 0.3) is 0 Å².